The van der Waals surface area contributed by atoms with Crippen LogP contribution in [-0.2, 0) is 16.4 Å². The van der Waals surface area contributed by atoms with Crippen LogP contribution in [-0.4, -0.2) is 24.9 Å². The molecule has 4 rings (SSSR count). The number of imidazole rings is 1. The number of fused-ring (bicyclic) bond motifs is 2. The molecule has 0 fully saturated rings. The van der Waals surface area contributed by atoms with Crippen molar-refractivity contribution in [2.75, 3.05) is 10.8 Å². The van der Waals surface area contributed by atoms with Gasteiger partial charge in [-0.3, -0.25) is 4.31 Å². The number of nitrogens with one attached hydrogen (secondary N) is 2. The van der Waals surface area contributed by atoms with Crippen LogP contribution in [0.25, 0.3) is 11.0 Å². The van der Waals surface area contributed by atoms with Crippen LogP contribution in [0.4, 0.5) is 10.1 Å². The molecule has 0 bridgehead atoms. The molecular formula is C15H12FN3O3S. The van der Waals surface area contributed by atoms with Gasteiger partial charge in [-0.1, -0.05) is 0 Å². The Kier molecular flexibility index (Phi) is 2.86. The minimum Gasteiger partial charge on any atom is -0.306 e. The Balaban J connectivity index is 1.83. The third-order valence-corrected chi connectivity index (χ3v) is 5.78. The first kappa shape index (κ1) is 14.0. The van der Waals surface area contributed by atoms with E-state index in [2.05, 4.69) is 9.97 Å². The van der Waals surface area contributed by atoms with Crippen molar-refractivity contribution < 1.29 is 12.8 Å². The van der Waals surface area contributed by atoms with E-state index >= 15 is 0 Å². The van der Waals surface area contributed by atoms with Gasteiger partial charge in [0.05, 0.1) is 21.6 Å². The molecular weight excluding hydrogens is 321 g/mol. The van der Waals surface area contributed by atoms with Crippen molar-refractivity contribution in [2.45, 2.75) is 11.3 Å². The molecule has 1 aliphatic rings. The number of sulfonamides is 1. The van der Waals surface area contributed by atoms with Crippen LogP contribution in [0.1, 0.15) is 5.56 Å². The molecule has 2 N–H and O–H groups in total. The van der Waals surface area contributed by atoms with Crippen molar-refractivity contribution in [2.24, 2.45) is 0 Å². The van der Waals surface area contributed by atoms with E-state index in [0.717, 1.165) is 0 Å². The number of aromatic nitrogens is 2. The summed E-state index contributed by atoms with van der Waals surface area (Å²) in [6.45, 7) is 0.267. The fraction of sp³-hybridized carbons (Fsp3) is 0.133. The number of aromatic amines is 2. The number of hydrogen-bond acceptors (Lipinski definition) is 3. The number of rotatable bonds is 2. The standard InChI is InChI=1S/C15H12FN3O3S/c16-10-1-4-14-9(7-10)5-6-19(14)23(21,22)11-2-3-12-13(8-11)18-15(20)17-12/h1-4,7-8H,5-6H2,(H2,17,18,20). The maximum atomic E-state index is 13.3. The molecule has 0 saturated carbocycles. The summed E-state index contributed by atoms with van der Waals surface area (Å²) < 4.78 is 40.3. The Labute approximate surface area is 130 Å². The van der Waals surface area contributed by atoms with Gasteiger partial charge in [-0.25, -0.2) is 17.6 Å². The summed E-state index contributed by atoms with van der Waals surface area (Å²) in [4.78, 5) is 16.5. The summed E-state index contributed by atoms with van der Waals surface area (Å²) in [6, 6.07) is 8.50. The molecule has 1 aromatic heterocycles. The van der Waals surface area contributed by atoms with Crippen molar-refractivity contribution in [3.05, 3.63) is 58.3 Å². The Morgan fingerprint density at radius 3 is 2.65 bits per heavy atom. The minimum absolute atomic E-state index is 0.0809. The summed E-state index contributed by atoms with van der Waals surface area (Å²) in [6.07, 6.45) is 0.468. The number of halogens is 1. The summed E-state index contributed by atoms with van der Waals surface area (Å²) in [7, 11) is -3.77. The van der Waals surface area contributed by atoms with Crippen LogP contribution < -0.4 is 9.99 Å². The lowest BCUT2D eigenvalue weighted by atomic mass is 10.2. The molecule has 0 amide bonds. The maximum Gasteiger partial charge on any atom is 0.323 e. The van der Waals surface area contributed by atoms with Crippen molar-refractivity contribution in [3.8, 4) is 0 Å². The Morgan fingerprint density at radius 2 is 1.83 bits per heavy atom. The molecule has 2 heterocycles. The van der Waals surface area contributed by atoms with E-state index in [0.29, 0.717) is 28.7 Å². The summed E-state index contributed by atoms with van der Waals surface area (Å²) >= 11 is 0. The Morgan fingerprint density at radius 1 is 1.04 bits per heavy atom. The van der Waals surface area contributed by atoms with Crippen molar-refractivity contribution >= 4 is 26.7 Å². The number of H-pyrrole nitrogens is 2. The SMILES string of the molecule is O=c1[nH]c2ccc(S(=O)(=O)N3CCc4cc(F)ccc43)cc2[nH]1. The molecule has 0 atom stereocenters. The van der Waals surface area contributed by atoms with Gasteiger partial charge in [0, 0.05) is 6.54 Å². The third kappa shape index (κ3) is 2.14. The number of anilines is 1. The first-order valence-corrected chi connectivity index (χ1v) is 8.42. The van der Waals surface area contributed by atoms with Crippen LogP contribution in [0.5, 0.6) is 0 Å². The zero-order chi connectivity index (χ0) is 16.2. The molecule has 2 aromatic carbocycles. The van der Waals surface area contributed by atoms with Crippen molar-refractivity contribution in [3.63, 3.8) is 0 Å². The molecule has 0 spiro atoms. The van der Waals surface area contributed by atoms with E-state index < -0.39 is 15.7 Å². The van der Waals surface area contributed by atoms with Crippen LogP contribution >= 0.6 is 0 Å². The monoisotopic (exact) mass is 333 g/mol. The maximum absolute atomic E-state index is 13.3. The Hall–Kier alpha value is -2.61. The van der Waals surface area contributed by atoms with Gasteiger partial charge in [-0.2, -0.15) is 0 Å². The summed E-state index contributed by atoms with van der Waals surface area (Å²) in [5, 5.41) is 0. The van der Waals surface area contributed by atoms with Crippen LogP contribution in [0, 0.1) is 5.82 Å². The third-order valence-electron chi connectivity index (χ3n) is 3.97. The van der Waals surface area contributed by atoms with Crippen LogP contribution in [0.15, 0.2) is 46.1 Å². The predicted octanol–water partition coefficient (Wildman–Crippen LogP) is 1.75. The second kappa shape index (κ2) is 4.69. The van der Waals surface area contributed by atoms with Crippen molar-refractivity contribution in [1.82, 2.24) is 9.97 Å². The van der Waals surface area contributed by atoms with Gasteiger partial charge in [0.25, 0.3) is 10.0 Å². The van der Waals surface area contributed by atoms with E-state index in [1.54, 1.807) is 6.07 Å². The van der Waals surface area contributed by atoms with E-state index in [1.807, 2.05) is 0 Å². The van der Waals surface area contributed by atoms with Gasteiger partial charge < -0.3 is 9.97 Å². The van der Waals surface area contributed by atoms with Gasteiger partial charge >= 0.3 is 5.69 Å². The average Bonchev–Trinajstić information content (AvgIpc) is 3.08. The highest BCUT2D eigenvalue weighted by Gasteiger charge is 2.31. The predicted molar refractivity (Wildman–Crippen MR) is 83.6 cm³/mol. The molecule has 1 aliphatic heterocycles. The zero-order valence-corrected chi connectivity index (χ0v) is 12.7. The number of benzene rings is 2. The topological polar surface area (TPSA) is 86.0 Å². The summed E-state index contributed by atoms with van der Waals surface area (Å²) in [5.41, 5.74) is 1.74. The van der Waals surface area contributed by atoms with Crippen LogP contribution in [0.3, 0.4) is 0 Å². The van der Waals surface area contributed by atoms with Gasteiger partial charge in [0.15, 0.2) is 0 Å². The normalized spacial score (nSPS) is 14.4. The highest BCUT2D eigenvalue weighted by Crippen LogP contribution is 2.33. The second-order valence-corrected chi connectivity index (χ2v) is 7.25. The molecule has 3 aromatic rings. The largest absolute Gasteiger partial charge is 0.323 e. The number of nitrogens with zero attached hydrogens (tertiary/aromatic N) is 1. The van der Waals surface area contributed by atoms with E-state index in [-0.39, 0.29) is 17.3 Å². The average molecular weight is 333 g/mol. The molecule has 23 heavy (non-hydrogen) atoms. The van der Waals surface area contributed by atoms with Crippen LogP contribution in [0.2, 0.25) is 0 Å². The van der Waals surface area contributed by atoms with Crippen molar-refractivity contribution in [1.29, 1.82) is 0 Å². The molecule has 0 saturated heterocycles. The zero-order valence-electron chi connectivity index (χ0n) is 11.8. The quantitative estimate of drug-likeness (QED) is 0.749. The van der Waals surface area contributed by atoms with E-state index in [4.69, 9.17) is 0 Å². The first-order valence-electron chi connectivity index (χ1n) is 6.98. The lowest BCUT2D eigenvalue weighted by molar-refractivity contribution is 0.592. The molecule has 6 nitrogen and oxygen atoms in total. The molecule has 8 heteroatoms. The fourth-order valence-corrected chi connectivity index (χ4v) is 4.42. The minimum atomic E-state index is -3.77. The molecule has 0 radical (unpaired) electrons. The lowest BCUT2D eigenvalue weighted by Gasteiger charge is -2.19. The first-order chi connectivity index (χ1) is 10.9. The highest BCUT2D eigenvalue weighted by molar-refractivity contribution is 7.92. The van der Waals surface area contributed by atoms with Gasteiger partial charge in [0.1, 0.15) is 5.82 Å². The van der Waals surface area contributed by atoms with E-state index in [1.165, 1.54) is 34.6 Å². The summed E-state index contributed by atoms with van der Waals surface area (Å²) in [5.74, 6) is -0.380. The fourth-order valence-electron chi connectivity index (χ4n) is 2.89. The lowest BCUT2D eigenvalue weighted by Crippen LogP contribution is -2.29. The molecule has 118 valence electrons. The number of hydrogen-bond donors (Lipinski definition) is 2. The Bertz CT molecular complexity index is 1080. The smallest absolute Gasteiger partial charge is 0.306 e. The highest BCUT2D eigenvalue weighted by atomic mass is 32.2. The van der Waals surface area contributed by atoms with Gasteiger partial charge in [0.2, 0.25) is 0 Å². The van der Waals surface area contributed by atoms with Gasteiger partial charge in [-0.05, 0) is 48.4 Å². The van der Waals surface area contributed by atoms with E-state index in [9.17, 15) is 17.6 Å². The molecule has 0 aliphatic carbocycles. The van der Waals surface area contributed by atoms with Gasteiger partial charge in [-0.15, -0.1) is 0 Å². The molecule has 0 unspecified atom stereocenters. The second-order valence-electron chi connectivity index (χ2n) is 5.39.